The lowest BCUT2D eigenvalue weighted by Gasteiger charge is -2.36. The third-order valence-electron chi connectivity index (χ3n) is 4.41. The Morgan fingerprint density at radius 1 is 1.48 bits per heavy atom. The molecule has 2 rings (SSSR count). The minimum absolute atomic E-state index is 0.0572. The van der Waals surface area contributed by atoms with Crippen molar-refractivity contribution in [3.8, 4) is 0 Å². The number of anilines is 1. The van der Waals surface area contributed by atoms with Crippen LogP contribution in [0.1, 0.15) is 35.8 Å². The fourth-order valence-electron chi connectivity index (χ4n) is 2.92. The van der Waals surface area contributed by atoms with Crippen molar-refractivity contribution in [1.29, 1.82) is 0 Å². The van der Waals surface area contributed by atoms with E-state index in [2.05, 4.69) is 22.1 Å². The van der Waals surface area contributed by atoms with E-state index >= 15 is 0 Å². The Bertz CT molecular complexity index is 495. The summed E-state index contributed by atoms with van der Waals surface area (Å²) >= 11 is 0. The van der Waals surface area contributed by atoms with Gasteiger partial charge in [0.2, 0.25) is 0 Å². The highest BCUT2D eigenvalue weighted by atomic mass is 16.2. The second-order valence-corrected chi connectivity index (χ2v) is 5.70. The molecule has 0 bridgehead atoms. The predicted molar refractivity (Wildman–Crippen MR) is 85.8 cm³/mol. The number of likely N-dealkylation sites (tertiary alicyclic amines) is 1. The summed E-state index contributed by atoms with van der Waals surface area (Å²) in [4.78, 5) is 21.3. The van der Waals surface area contributed by atoms with Crippen molar-refractivity contribution in [2.45, 2.75) is 32.7 Å². The zero-order valence-corrected chi connectivity index (χ0v) is 13.5. The van der Waals surface area contributed by atoms with Gasteiger partial charge in [-0.2, -0.15) is 0 Å². The molecule has 0 saturated carbocycles. The molecule has 1 aliphatic rings. The average molecular weight is 290 g/mol. The first kappa shape index (κ1) is 15.8. The van der Waals surface area contributed by atoms with Crippen molar-refractivity contribution in [2.24, 2.45) is 0 Å². The number of amides is 1. The molecule has 0 atom stereocenters. The summed E-state index contributed by atoms with van der Waals surface area (Å²) in [5.74, 6) is 0.0572. The first-order chi connectivity index (χ1) is 10.1. The number of hydrogen-bond donors (Lipinski definition) is 1. The fourth-order valence-corrected chi connectivity index (χ4v) is 2.92. The topological polar surface area (TPSA) is 48.5 Å². The minimum atomic E-state index is 0.0572. The van der Waals surface area contributed by atoms with E-state index in [1.165, 1.54) is 0 Å². The molecular formula is C16H26N4O. The van der Waals surface area contributed by atoms with Gasteiger partial charge in [0.05, 0.1) is 11.3 Å². The molecule has 1 aromatic heterocycles. The number of carbonyl (C=O) groups excluding carboxylic acids is 1. The van der Waals surface area contributed by atoms with Gasteiger partial charge in [-0.3, -0.25) is 9.78 Å². The Balaban J connectivity index is 2.09. The van der Waals surface area contributed by atoms with Gasteiger partial charge in [0.25, 0.3) is 5.91 Å². The van der Waals surface area contributed by atoms with Crippen LogP contribution in [0.15, 0.2) is 12.3 Å². The maximum absolute atomic E-state index is 12.7. The molecule has 0 aromatic carbocycles. The van der Waals surface area contributed by atoms with Crippen LogP contribution in [0.3, 0.4) is 0 Å². The summed E-state index contributed by atoms with van der Waals surface area (Å²) in [6.45, 7) is 7.36. The summed E-state index contributed by atoms with van der Waals surface area (Å²) in [5.41, 5.74) is 2.42. The van der Waals surface area contributed by atoms with Crippen LogP contribution >= 0.6 is 0 Å². The van der Waals surface area contributed by atoms with Crippen molar-refractivity contribution >= 4 is 11.6 Å². The van der Waals surface area contributed by atoms with Crippen LogP contribution in [0.4, 0.5) is 5.69 Å². The molecule has 1 fully saturated rings. The Morgan fingerprint density at radius 2 is 2.14 bits per heavy atom. The number of nitrogens with zero attached hydrogens (tertiary/aromatic N) is 3. The molecule has 1 saturated heterocycles. The summed E-state index contributed by atoms with van der Waals surface area (Å²) in [7, 11) is 3.75. The SMILES string of the molecule is CCN1CCC(N(C)C(=O)c2cnc(C)cc2NC)CC1. The molecule has 0 radical (unpaired) electrons. The molecule has 1 aliphatic heterocycles. The molecule has 5 nitrogen and oxygen atoms in total. The van der Waals surface area contributed by atoms with E-state index < -0.39 is 0 Å². The van der Waals surface area contributed by atoms with E-state index in [0.29, 0.717) is 11.6 Å². The zero-order chi connectivity index (χ0) is 15.4. The largest absolute Gasteiger partial charge is 0.387 e. The molecule has 1 amide bonds. The highest BCUT2D eigenvalue weighted by Gasteiger charge is 2.26. The number of nitrogens with one attached hydrogen (secondary N) is 1. The maximum atomic E-state index is 12.7. The molecular weight excluding hydrogens is 264 g/mol. The van der Waals surface area contributed by atoms with Gasteiger partial charge in [-0.25, -0.2) is 0 Å². The van der Waals surface area contributed by atoms with Crippen LogP contribution in [-0.4, -0.2) is 60.5 Å². The Hall–Kier alpha value is -1.62. The van der Waals surface area contributed by atoms with Gasteiger partial charge in [-0.05, 0) is 32.4 Å². The Kier molecular flexibility index (Phi) is 5.17. The normalized spacial score (nSPS) is 16.8. The van der Waals surface area contributed by atoms with Crippen LogP contribution in [0, 0.1) is 6.92 Å². The lowest BCUT2D eigenvalue weighted by molar-refractivity contribution is 0.0647. The number of aryl methyl sites for hydroxylation is 1. The fraction of sp³-hybridized carbons (Fsp3) is 0.625. The first-order valence-corrected chi connectivity index (χ1v) is 7.70. The van der Waals surface area contributed by atoms with E-state index in [4.69, 9.17) is 0 Å². The van der Waals surface area contributed by atoms with Gasteiger partial charge in [0.15, 0.2) is 0 Å². The highest BCUT2D eigenvalue weighted by Crippen LogP contribution is 2.21. The monoisotopic (exact) mass is 290 g/mol. The second kappa shape index (κ2) is 6.89. The van der Waals surface area contributed by atoms with Gasteiger partial charge >= 0.3 is 0 Å². The highest BCUT2D eigenvalue weighted by molar-refractivity contribution is 5.99. The standard InChI is InChI=1S/C16H26N4O/c1-5-20-8-6-13(7-9-20)19(4)16(21)14-11-18-12(2)10-15(14)17-3/h10-11,13H,5-9H2,1-4H3,(H,17,18). The zero-order valence-electron chi connectivity index (χ0n) is 13.5. The summed E-state index contributed by atoms with van der Waals surface area (Å²) in [5, 5.41) is 3.10. The van der Waals surface area contributed by atoms with Crippen LogP contribution in [0.5, 0.6) is 0 Å². The molecule has 5 heteroatoms. The van der Waals surface area contributed by atoms with Gasteiger partial charge in [0.1, 0.15) is 0 Å². The number of piperidine rings is 1. The number of carbonyl (C=O) groups is 1. The number of hydrogen-bond acceptors (Lipinski definition) is 4. The molecule has 0 unspecified atom stereocenters. The molecule has 2 heterocycles. The van der Waals surface area contributed by atoms with Gasteiger partial charge in [-0.15, -0.1) is 0 Å². The lowest BCUT2D eigenvalue weighted by atomic mass is 10.0. The first-order valence-electron chi connectivity index (χ1n) is 7.70. The number of aromatic nitrogens is 1. The third kappa shape index (κ3) is 3.53. The van der Waals surface area contributed by atoms with Crippen LogP contribution in [0.2, 0.25) is 0 Å². The van der Waals surface area contributed by atoms with E-state index in [9.17, 15) is 4.79 Å². The lowest BCUT2D eigenvalue weighted by Crippen LogP contribution is -2.45. The number of rotatable bonds is 4. The van der Waals surface area contributed by atoms with Crippen molar-refractivity contribution < 1.29 is 4.79 Å². The maximum Gasteiger partial charge on any atom is 0.257 e. The second-order valence-electron chi connectivity index (χ2n) is 5.70. The van der Waals surface area contributed by atoms with E-state index in [-0.39, 0.29) is 5.91 Å². The molecule has 1 N–H and O–H groups in total. The Labute approximate surface area is 127 Å². The molecule has 1 aromatic rings. The molecule has 0 spiro atoms. The van der Waals surface area contributed by atoms with E-state index in [1.54, 1.807) is 6.20 Å². The van der Waals surface area contributed by atoms with Crippen LogP contribution in [-0.2, 0) is 0 Å². The van der Waals surface area contributed by atoms with Crippen molar-refractivity contribution in [1.82, 2.24) is 14.8 Å². The van der Waals surface area contributed by atoms with Crippen molar-refractivity contribution in [2.75, 3.05) is 39.0 Å². The van der Waals surface area contributed by atoms with Gasteiger partial charge in [0, 0.05) is 45.1 Å². The van der Waals surface area contributed by atoms with Crippen molar-refractivity contribution in [3.63, 3.8) is 0 Å². The summed E-state index contributed by atoms with van der Waals surface area (Å²) in [6.07, 6.45) is 3.77. The predicted octanol–water partition coefficient (Wildman–Crippen LogP) is 1.99. The average Bonchev–Trinajstić information content (AvgIpc) is 2.53. The minimum Gasteiger partial charge on any atom is -0.387 e. The van der Waals surface area contributed by atoms with Crippen LogP contribution < -0.4 is 5.32 Å². The Morgan fingerprint density at radius 3 is 2.71 bits per heavy atom. The van der Waals surface area contributed by atoms with E-state index in [1.807, 2.05) is 32.0 Å². The van der Waals surface area contributed by atoms with Gasteiger partial charge in [-0.1, -0.05) is 6.92 Å². The summed E-state index contributed by atoms with van der Waals surface area (Å²) in [6, 6.07) is 2.24. The third-order valence-corrected chi connectivity index (χ3v) is 4.41. The molecule has 116 valence electrons. The van der Waals surface area contributed by atoms with Crippen molar-refractivity contribution in [3.05, 3.63) is 23.5 Å². The molecule has 21 heavy (non-hydrogen) atoms. The quantitative estimate of drug-likeness (QED) is 0.921. The smallest absolute Gasteiger partial charge is 0.257 e. The van der Waals surface area contributed by atoms with Gasteiger partial charge < -0.3 is 15.1 Å². The van der Waals surface area contributed by atoms with E-state index in [0.717, 1.165) is 43.9 Å². The van der Waals surface area contributed by atoms with Crippen LogP contribution in [0.25, 0.3) is 0 Å². The summed E-state index contributed by atoms with van der Waals surface area (Å²) < 4.78 is 0. The molecule has 0 aliphatic carbocycles. The number of pyridine rings is 1.